The van der Waals surface area contributed by atoms with Gasteiger partial charge in [-0.25, -0.2) is 4.98 Å². The van der Waals surface area contributed by atoms with Gasteiger partial charge in [-0.1, -0.05) is 19.9 Å². The lowest BCUT2D eigenvalue weighted by atomic mass is 10.1. The Balaban J connectivity index is 2.19. The molecule has 2 heterocycles. The fraction of sp³-hybridized carbons (Fsp3) is 0.545. The lowest BCUT2D eigenvalue weighted by molar-refractivity contribution is 0.737. The maximum absolute atomic E-state index is 4.64. The van der Waals surface area contributed by atoms with Crippen LogP contribution in [-0.4, -0.2) is 18.1 Å². The number of nitrogens with one attached hydrogen (secondary N) is 1. The number of hydrogen-bond donors (Lipinski definition) is 1. The molecule has 0 fully saturated rings. The zero-order valence-electron chi connectivity index (χ0n) is 8.71. The summed E-state index contributed by atoms with van der Waals surface area (Å²) in [5.74, 6) is 0.539. The second kappa shape index (κ2) is 4.24. The smallest absolute Gasteiger partial charge is 0.120 e. The van der Waals surface area contributed by atoms with Crippen LogP contribution in [0, 0.1) is 0 Å². The van der Waals surface area contributed by atoms with E-state index in [9.17, 15) is 0 Å². The summed E-state index contributed by atoms with van der Waals surface area (Å²) in [6.07, 6.45) is 3.44. The van der Waals surface area contributed by atoms with Crippen LogP contribution in [0.4, 0.5) is 0 Å². The highest BCUT2D eigenvalue weighted by atomic mass is 32.1. The van der Waals surface area contributed by atoms with Crippen LogP contribution in [0.1, 0.15) is 36.9 Å². The highest BCUT2D eigenvalue weighted by molar-refractivity contribution is 7.10. The average Bonchev–Trinajstić information content (AvgIpc) is 2.68. The van der Waals surface area contributed by atoms with Crippen molar-refractivity contribution in [3.63, 3.8) is 0 Å². The van der Waals surface area contributed by atoms with Gasteiger partial charge in [-0.05, 0) is 24.5 Å². The summed E-state index contributed by atoms with van der Waals surface area (Å²) in [6.45, 7) is 6.45. The Morgan fingerprint density at radius 2 is 2.36 bits per heavy atom. The van der Waals surface area contributed by atoms with Crippen molar-refractivity contribution in [3.8, 4) is 0 Å². The summed E-state index contributed by atoms with van der Waals surface area (Å²) in [5.41, 5.74) is 2.59. The SMILES string of the molecule is CC(C)c1csc(C2=CCCNC2)n1. The van der Waals surface area contributed by atoms with Gasteiger partial charge in [0.05, 0.1) is 5.69 Å². The van der Waals surface area contributed by atoms with E-state index >= 15 is 0 Å². The van der Waals surface area contributed by atoms with Gasteiger partial charge in [0, 0.05) is 11.9 Å². The molecule has 14 heavy (non-hydrogen) atoms. The zero-order chi connectivity index (χ0) is 9.97. The summed E-state index contributed by atoms with van der Waals surface area (Å²) < 4.78 is 0. The van der Waals surface area contributed by atoms with E-state index in [1.807, 2.05) is 0 Å². The molecule has 0 spiro atoms. The fourth-order valence-corrected chi connectivity index (χ4v) is 2.53. The molecule has 2 nitrogen and oxygen atoms in total. The Morgan fingerprint density at radius 1 is 1.50 bits per heavy atom. The number of hydrogen-bond acceptors (Lipinski definition) is 3. The van der Waals surface area contributed by atoms with E-state index in [2.05, 4.69) is 35.6 Å². The van der Waals surface area contributed by atoms with Crippen LogP contribution in [-0.2, 0) is 0 Å². The van der Waals surface area contributed by atoms with Gasteiger partial charge < -0.3 is 5.32 Å². The second-order valence-corrected chi connectivity index (χ2v) is 4.79. The molecule has 0 unspecified atom stereocenters. The summed E-state index contributed by atoms with van der Waals surface area (Å²) in [6, 6.07) is 0. The maximum atomic E-state index is 4.64. The first-order valence-electron chi connectivity index (χ1n) is 5.13. The largest absolute Gasteiger partial charge is 0.312 e. The Bertz CT molecular complexity index is 339. The minimum Gasteiger partial charge on any atom is -0.312 e. The van der Waals surface area contributed by atoms with Gasteiger partial charge in [0.1, 0.15) is 5.01 Å². The van der Waals surface area contributed by atoms with Crippen molar-refractivity contribution >= 4 is 16.9 Å². The normalized spacial score (nSPS) is 17.2. The van der Waals surface area contributed by atoms with Gasteiger partial charge in [0.2, 0.25) is 0 Å². The molecule has 1 aromatic heterocycles. The van der Waals surface area contributed by atoms with Crippen LogP contribution < -0.4 is 5.32 Å². The number of thiazole rings is 1. The molecule has 2 rings (SSSR count). The van der Waals surface area contributed by atoms with Crippen LogP contribution in [0.15, 0.2) is 11.5 Å². The van der Waals surface area contributed by atoms with E-state index in [-0.39, 0.29) is 0 Å². The van der Waals surface area contributed by atoms with E-state index in [0.717, 1.165) is 19.5 Å². The van der Waals surface area contributed by atoms with E-state index in [4.69, 9.17) is 0 Å². The molecule has 1 N–H and O–H groups in total. The Morgan fingerprint density at radius 3 is 2.93 bits per heavy atom. The molecule has 0 saturated heterocycles. The molecule has 0 radical (unpaired) electrons. The standard InChI is InChI=1S/C11H16N2S/c1-8(2)10-7-14-11(13-10)9-4-3-5-12-6-9/h4,7-8,12H,3,5-6H2,1-2H3. The summed E-state index contributed by atoms with van der Waals surface area (Å²) >= 11 is 1.76. The van der Waals surface area contributed by atoms with Crippen molar-refractivity contribution in [1.29, 1.82) is 0 Å². The first-order chi connectivity index (χ1) is 6.77. The van der Waals surface area contributed by atoms with Crippen molar-refractivity contribution in [3.05, 3.63) is 22.2 Å². The third-order valence-electron chi connectivity index (χ3n) is 2.42. The monoisotopic (exact) mass is 208 g/mol. The molecule has 0 bridgehead atoms. The molecule has 0 aliphatic carbocycles. The number of nitrogens with zero attached hydrogens (tertiary/aromatic N) is 1. The molecule has 3 heteroatoms. The molecule has 0 amide bonds. The first-order valence-corrected chi connectivity index (χ1v) is 6.01. The molecule has 0 saturated carbocycles. The van der Waals surface area contributed by atoms with Gasteiger partial charge in [-0.2, -0.15) is 0 Å². The van der Waals surface area contributed by atoms with E-state index in [0.29, 0.717) is 5.92 Å². The predicted molar refractivity (Wildman–Crippen MR) is 61.7 cm³/mol. The van der Waals surface area contributed by atoms with Crippen molar-refractivity contribution in [2.75, 3.05) is 13.1 Å². The van der Waals surface area contributed by atoms with Crippen molar-refractivity contribution in [2.45, 2.75) is 26.2 Å². The van der Waals surface area contributed by atoms with Gasteiger partial charge >= 0.3 is 0 Å². The van der Waals surface area contributed by atoms with Crippen LogP contribution >= 0.6 is 11.3 Å². The average molecular weight is 208 g/mol. The highest BCUT2D eigenvalue weighted by Gasteiger charge is 2.11. The zero-order valence-corrected chi connectivity index (χ0v) is 9.53. The van der Waals surface area contributed by atoms with Crippen LogP contribution in [0.2, 0.25) is 0 Å². The first kappa shape index (κ1) is 9.87. The fourth-order valence-electron chi connectivity index (χ4n) is 1.51. The third kappa shape index (κ3) is 2.04. The van der Waals surface area contributed by atoms with Gasteiger partial charge in [0.25, 0.3) is 0 Å². The molecule has 1 aromatic rings. The predicted octanol–water partition coefficient (Wildman–Crippen LogP) is 2.64. The van der Waals surface area contributed by atoms with E-state index in [1.165, 1.54) is 16.3 Å². The van der Waals surface area contributed by atoms with Crippen LogP contribution in [0.3, 0.4) is 0 Å². The minimum atomic E-state index is 0.539. The summed E-state index contributed by atoms with van der Waals surface area (Å²) in [5, 5.41) is 6.74. The second-order valence-electron chi connectivity index (χ2n) is 3.93. The summed E-state index contributed by atoms with van der Waals surface area (Å²) in [7, 11) is 0. The van der Waals surface area contributed by atoms with Gasteiger partial charge in [0.15, 0.2) is 0 Å². The number of aromatic nitrogens is 1. The minimum absolute atomic E-state index is 0.539. The molecule has 1 aliphatic heterocycles. The van der Waals surface area contributed by atoms with E-state index < -0.39 is 0 Å². The van der Waals surface area contributed by atoms with Gasteiger partial charge in [-0.3, -0.25) is 0 Å². The molecular weight excluding hydrogens is 192 g/mol. The molecular formula is C11H16N2S. The molecule has 1 aliphatic rings. The molecule has 76 valence electrons. The number of rotatable bonds is 2. The Hall–Kier alpha value is -0.670. The third-order valence-corrected chi connectivity index (χ3v) is 3.35. The van der Waals surface area contributed by atoms with Crippen molar-refractivity contribution < 1.29 is 0 Å². The topological polar surface area (TPSA) is 24.9 Å². The highest BCUT2D eigenvalue weighted by Crippen LogP contribution is 2.24. The Labute approximate surface area is 89.1 Å². The lowest BCUT2D eigenvalue weighted by Crippen LogP contribution is -2.21. The molecule has 0 aromatic carbocycles. The summed E-state index contributed by atoms with van der Waals surface area (Å²) in [4.78, 5) is 4.64. The van der Waals surface area contributed by atoms with Crippen LogP contribution in [0.5, 0.6) is 0 Å². The van der Waals surface area contributed by atoms with Crippen molar-refractivity contribution in [1.82, 2.24) is 10.3 Å². The van der Waals surface area contributed by atoms with E-state index in [1.54, 1.807) is 11.3 Å². The lowest BCUT2D eigenvalue weighted by Gasteiger charge is -2.11. The maximum Gasteiger partial charge on any atom is 0.120 e. The quantitative estimate of drug-likeness (QED) is 0.808. The molecule has 0 atom stereocenters. The van der Waals surface area contributed by atoms with Gasteiger partial charge in [-0.15, -0.1) is 11.3 Å². The van der Waals surface area contributed by atoms with Crippen LogP contribution in [0.25, 0.3) is 5.57 Å². The van der Waals surface area contributed by atoms with Crippen molar-refractivity contribution in [2.24, 2.45) is 0 Å². The Kier molecular flexibility index (Phi) is 2.99.